The minimum absolute atomic E-state index is 0.202. The Balaban J connectivity index is 3.94. The molecular formula is C7H14N2O5S. The van der Waals surface area contributed by atoms with Gasteiger partial charge in [-0.25, -0.2) is 13.1 Å². The van der Waals surface area contributed by atoms with Crippen molar-refractivity contribution in [2.24, 2.45) is 5.73 Å². The Hall–Kier alpha value is -1.15. The Morgan fingerprint density at radius 3 is 2.47 bits per heavy atom. The first kappa shape index (κ1) is 13.8. The van der Waals surface area contributed by atoms with Crippen LogP contribution < -0.4 is 10.5 Å². The maximum absolute atomic E-state index is 11.1. The zero-order chi connectivity index (χ0) is 11.9. The minimum Gasteiger partial charge on any atom is -0.466 e. The molecular weight excluding hydrogens is 224 g/mol. The second-order valence-electron chi connectivity index (χ2n) is 2.66. The lowest BCUT2D eigenvalue weighted by Gasteiger charge is -2.04. The Morgan fingerprint density at radius 2 is 2.00 bits per heavy atom. The van der Waals surface area contributed by atoms with Gasteiger partial charge in [0.15, 0.2) is 0 Å². The van der Waals surface area contributed by atoms with E-state index in [2.05, 4.69) is 4.74 Å². The summed E-state index contributed by atoms with van der Waals surface area (Å²) in [6, 6.07) is 0. The van der Waals surface area contributed by atoms with Gasteiger partial charge in [-0.3, -0.25) is 9.59 Å². The van der Waals surface area contributed by atoms with Crippen LogP contribution in [0.3, 0.4) is 0 Å². The molecule has 7 nitrogen and oxygen atoms in total. The van der Waals surface area contributed by atoms with Crippen LogP contribution in [0.1, 0.15) is 13.3 Å². The lowest BCUT2D eigenvalue weighted by molar-refractivity contribution is -0.142. The highest BCUT2D eigenvalue weighted by Crippen LogP contribution is 1.92. The third kappa shape index (κ3) is 7.89. The molecule has 8 heteroatoms. The number of primary amides is 1. The average Bonchev–Trinajstić information content (AvgIpc) is 2.13. The number of ether oxygens (including phenoxy) is 1. The second kappa shape index (κ2) is 6.36. The van der Waals surface area contributed by atoms with Crippen molar-refractivity contribution in [1.29, 1.82) is 0 Å². The van der Waals surface area contributed by atoms with Crippen LogP contribution in [0.2, 0.25) is 0 Å². The lowest BCUT2D eigenvalue weighted by atomic mass is 10.5. The third-order valence-corrected chi connectivity index (χ3v) is 2.67. The van der Waals surface area contributed by atoms with Gasteiger partial charge in [-0.1, -0.05) is 0 Å². The molecule has 0 aliphatic carbocycles. The van der Waals surface area contributed by atoms with Gasteiger partial charge in [-0.15, -0.1) is 0 Å². The molecule has 0 unspecified atom stereocenters. The number of rotatable bonds is 7. The van der Waals surface area contributed by atoms with Gasteiger partial charge >= 0.3 is 5.97 Å². The second-order valence-corrected chi connectivity index (χ2v) is 4.59. The van der Waals surface area contributed by atoms with E-state index < -0.39 is 34.2 Å². The molecule has 0 spiro atoms. The van der Waals surface area contributed by atoms with Crippen LogP contribution in [0.4, 0.5) is 0 Å². The van der Waals surface area contributed by atoms with Crippen molar-refractivity contribution in [3.05, 3.63) is 0 Å². The van der Waals surface area contributed by atoms with Crippen molar-refractivity contribution in [2.45, 2.75) is 13.3 Å². The summed E-state index contributed by atoms with van der Waals surface area (Å²) >= 11 is 0. The molecule has 0 saturated heterocycles. The largest absolute Gasteiger partial charge is 0.466 e. The summed E-state index contributed by atoms with van der Waals surface area (Å²) in [4.78, 5) is 21.1. The molecule has 88 valence electrons. The number of carbonyl (C=O) groups excluding carboxylic acids is 2. The smallest absolute Gasteiger partial charge is 0.306 e. The quantitative estimate of drug-likeness (QED) is 0.515. The van der Waals surface area contributed by atoms with Crippen LogP contribution in [-0.2, 0) is 24.3 Å². The topological polar surface area (TPSA) is 116 Å². The van der Waals surface area contributed by atoms with Crippen molar-refractivity contribution in [1.82, 2.24) is 4.72 Å². The van der Waals surface area contributed by atoms with Gasteiger partial charge in [0.1, 0.15) is 0 Å². The van der Waals surface area contributed by atoms with Crippen LogP contribution in [-0.4, -0.2) is 39.2 Å². The van der Waals surface area contributed by atoms with E-state index in [4.69, 9.17) is 5.73 Å². The number of carbonyl (C=O) groups is 2. The number of nitrogens with two attached hydrogens (primary N) is 1. The summed E-state index contributed by atoms with van der Waals surface area (Å²) in [5.74, 6) is -1.80. The molecule has 1 amide bonds. The predicted molar refractivity (Wildman–Crippen MR) is 52.2 cm³/mol. The first-order valence-electron chi connectivity index (χ1n) is 4.28. The molecule has 3 N–H and O–H groups in total. The van der Waals surface area contributed by atoms with Crippen molar-refractivity contribution in [3.63, 3.8) is 0 Å². The molecule has 0 fully saturated rings. The van der Waals surface area contributed by atoms with E-state index in [9.17, 15) is 18.0 Å². The molecule has 0 rings (SSSR count). The molecule has 0 saturated carbocycles. The van der Waals surface area contributed by atoms with Gasteiger partial charge in [0.05, 0.1) is 25.3 Å². The SMILES string of the molecule is CCOC(=O)CCS(=O)(=O)NCC(N)=O. The van der Waals surface area contributed by atoms with E-state index in [1.165, 1.54) is 0 Å². The number of sulfonamides is 1. The molecule has 0 aliphatic heterocycles. The van der Waals surface area contributed by atoms with E-state index >= 15 is 0 Å². The van der Waals surface area contributed by atoms with Gasteiger partial charge in [0.2, 0.25) is 15.9 Å². The summed E-state index contributed by atoms with van der Waals surface area (Å²) in [6.45, 7) is 1.36. The standard InChI is InChI=1S/C7H14N2O5S/c1-2-14-7(11)3-4-15(12,13)9-5-6(8)10/h9H,2-5H2,1H3,(H2,8,10). The zero-order valence-electron chi connectivity index (χ0n) is 8.36. The number of amides is 1. The van der Waals surface area contributed by atoms with Crippen molar-refractivity contribution < 1.29 is 22.7 Å². The van der Waals surface area contributed by atoms with Gasteiger partial charge in [0, 0.05) is 0 Å². The summed E-state index contributed by atoms with van der Waals surface area (Å²) in [5, 5.41) is 0. The number of esters is 1. The zero-order valence-corrected chi connectivity index (χ0v) is 9.17. The fraction of sp³-hybridized carbons (Fsp3) is 0.714. The maximum atomic E-state index is 11.1. The molecule has 0 aromatic heterocycles. The molecule has 0 bridgehead atoms. The molecule has 0 aliphatic rings. The monoisotopic (exact) mass is 238 g/mol. The summed E-state index contributed by atoms with van der Waals surface area (Å²) in [7, 11) is -3.64. The molecule has 0 atom stereocenters. The van der Waals surface area contributed by atoms with Crippen molar-refractivity contribution in [3.8, 4) is 0 Å². The van der Waals surface area contributed by atoms with Crippen molar-refractivity contribution >= 4 is 21.9 Å². The predicted octanol–water partition coefficient (Wildman–Crippen LogP) is -1.66. The number of nitrogens with one attached hydrogen (secondary N) is 1. The lowest BCUT2D eigenvalue weighted by Crippen LogP contribution is -2.35. The van der Waals surface area contributed by atoms with Gasteiger partial charge < -0.3 is 10.5 Å². The van der Waals surface area contributed by atoms with Crippen LogP contribution in [0.25, 0.3) is 0 Å². The van der Waals surface area contributed by atoms with E-state index in [1.807, 2.05) is 4.72 Å². The van der Waals surface area contributed by atoms with Crippen molar-refractivity contribution in [2.75, 3.05) is 18.9 Å². The normalized spacial score (nSPS) is 11.0. The molecule has 0 aromatic carbocycles. The maximum Gasteiger partial charge on any atom is 0.306 e. The summed E-state index contributed by atoms with van der Waals surface area (Å²) in [5.41, 5.74) is 4.75. The summed E-state index contributed by atoms with van der Waals surface area (Å²) < 4.78 is 28.7. The molecule has 0 radical (unpaired) electrons. The average molecular weight is 238 g/mol. The van der Waals surface area contributed by atoms with E-state index in [0.29, 0.717) is 0 Å². The third-order valence-electron chi connectivity index (χ3n) is 1.35. The Bertz CT molecular complexity index is 324. The fourth-order valence-electron chi connectivity index (χ4n) is 0.704. The van der Waals surface area contributed by atoms with Gasteiger partial charge in [0.25, 0.3) is 0 Å². The number of hydrogen-bond acceptors (Lipinski definition) is 5. The highest BCUT2D eigenvalue weighted by molar-refractivity contribution is 7.89. The van der Waals surface area contributed by atoms with Crippen LogP contribution in [0.15, 0.2) is 0 Å². The minimum atomic E-state index is -3.64. The van der Waals surface area contributed by atoms with E-state index in [-0.39, 0.29) is 13.0 Å². The molecule has 15 heavy (non-hydrogen) atoms. The number of hydrogen-bond donors (Lipinski definition) is 2. The van der Waals surface area contributed by atoms with Crippen LogP contribution in [0, 0.1) is 0 Å². The van der Waals surface area contributed by atoms with Crippen LogP contribution >= 0.6 is 0 Å². The highest BCUT2D eigenvalue weighted by Gasteiger charge is 2.14. The molecule has 0 heterocycles. The van der Waals surface area contributed by atoms with E-state index in [1.54, 1.807) is 6.92 Å². The fourth-order valence-corrected chi connectivity index (χ4v) is 1.65. The van der Waals surface area contributed by atoms with Gasteiger partial charge in [-0.05, 0) is 6.92 Å². The van der Waals surface area contributed by atoms with Crippen LogP contribution in [0.5, 0.6) is 0 Å². The Kier molecular flexibility index (Phi) is 5.87. The first-order valence-corrected chi connectivity index (χ1v) is 5.94. The Morgan fingerprint density at radius 1 is 1.40 bits per heavy atom. The molecule has 0 aromatic rings. The Labute approximate surface area is 88.0 Å². The van der Waals surface area contributed by atoms with Gasteiger partial charge in [-0.2, -0.15) is 0 Å². The van der Waals surface area contributed by atoms with E-state index in [0.717, 1.165) is 0 Å². The summed E-state index contributed by atoms with van der Waals surface area (Å²) in [6.07, 6.45) is -0.248. The highest BCUT2D eigenvalue weighted by atomic mass is 32.2. The first-order chi connectivity index (χ1) is 6.87.